The zero-order valence-electron chi connectivity index (χ0n) is 10.5. The fraction of sp³-hybridized carbons (Fsp3) is 0.909. The third-order valence-corrected chi connectivity index (χ3v) is 2.38. The molecule has 0 aromatic heterocycles. The summed E-state index contributed by atoms with van der Waals surface area (Å²) in [5.74, 6) is 0.0706. The van der Waals surface area contributed by atoms with Gasteiger partial charge in [-0.2, -0.15) is 0 Å². The molecule has 0 saturated carbocycles. The average molecular weight is 229 g/mol. The van der Waals surface area contributed by atoms with E-state index in [1.807, 2.05) is 25.8 Å². The van der Waals surface area contributed by atoms with E-state index in [-0.39, 0.29) is 18.1 Å². The maximum atomic E-state index is 11.5. The van der Waals surface area contributed by atoms with Crippen molar-refractivity contribution in [3.63, 3.8) is 0 Å². The highest BCUT2D eigenvalue weighted by Crippen LogP contribution is 1.98. The average Bonchev–Trinajstić information content (AvgIpc) is 2.17. The highest BCUT2D eigenvalue weighted by Gasteiger charge is 2.16. The molecule has 1 rings (SSSR count). The van der Waals surface area contributed by atoms with Crippen molar-refractivity contribution in [3.05, 3.63) is 0 Å². The predicted octanol–water partition coefficient (Wildman–Crippen LogP) is -0.569. The number of hydrogen-bond acceptors (Lipinski definition) is 4. The molecule has 5 heteroatoms. The zero-order chi connectivity index (χ0) is 12.0. The lowest BCUT2D eigenvalue weighted by Crippen LogP contribution is -2.47. The first-order chi connectivity index (χ1) is 7.58. The van der Waals surface area contributed by atoms with Gasteiger partial charge in [-0.05, 0) is 20.9 Å². The molecule has 0 aromatic carbocycles. The Morgan fingerprint density at radius 3 is 2.94 bits per heavy atom. The lowest BCUT2D eigenvalue weighted by Gasteiger charge is -2.27. The van der Waals surface area contributed by atoms with Gasteiger partial charge in [0.25, 0.3) is 0 Å². The van der Waals surface area contributed by atoms with Crippen molar-refractivity contribution in [2.45, 2.75) is 26.0 Å². The number of morpholine rings is 1. The molecule has 1 atom stereocenters. The van der Waals surface area contributed by atoms with Crippen LogP contribution >= 0.6 is 0 Å². The van der Waals surface area contributed by atoms with E-state index in [0.29, 0.717) is 6.54 Å². The summed E-state index contributed by atoms with van der Waals surface area (Å²) >= 11 is 0. The van der Waals surface area contributed by atoms with E-state index in [9.17, 15) is 4.79 Å². The van der Waals surface area contributed by atoms with Gasteiger partial charge in [0.1, 0.15) is 0 Å². The Morgan fingerprint density at radius 2 is 2.38 bits per heavy atom. The van der Waals surface area contributed by atoms with Gasteiger partial charge in [0.2, 0.25) is 5.91 Å². The van der Waals surface area contributed by atoms with Crippen LogP contribution in [0.1, 0.15) is 13.8 Å². The summed E-state index contributed by atoms with van der Waals surface area (Å²) in [4.78, 5) is 13.5. The number of nitrogens with zero attached hydrogens (tertiary/aromatic N) is 1. The third kappa shape index (κ3) is 5.44. The first kappa shape index (κ1) is 13.4. The molecular weight excluding hydrogens is 206 g/mol. The highest BCUT2D eigenvalue weighted by molar-refractivity contribution is 5.78. The van der Waals surface area contributed by atoms with Crippen LogP contribution in [0.2, 0.25) is 0 Å². The van der Waals surface area contributed by atoms with Gasteiger partial charge in [-0.3, -0.25) is 9.69 Å². The minimum atomic E-state index is 0.0706. The molecule has 0 spiro atoms. The number of hydrogen-bond donors (Lipinski definition) is 2. The van der Waals surface area contributed by atoms with Gasteiger partial charge in [0, 0.05) is 25.7 Å². The standard InChI is InChI=1S/C11H23N3O2/c1-9(2)13-11(15)8-14(3)7-10-6-12-4-5-16-10/h9-10,12H,4-8H2,1-3H3,(H,13,15). The second kappa shape index (κ2) is 6.83. The number of ether oxygens (including phenoxy) is 1. The van der Waals surface area contributed by atoms with Gasteiger partial charge < -0.3 is 15.4 Å². The number of rotatable bonds is 5. The van der Waals surface area contributed by atoms with E-state index in [1.54, 1.807) is 0 Å². The number of carbonyl (C=O) groups excluding carboxylic acids is 1. The van der Waals surface area contributed by atoms with Crippen molar-refractivity contribution in [1.29, 1.82) is 0 Å². The molecule has 1 aliphatic rings. The summed E-state index contributed by atoms with van der Waals surface area (Å²) in [6, 6.07) is 0.202. The summed E-state index contributed by atoms with van der Waals surface area (Å²) in [6.07, 6.45) is 0.200. The molecule has 1 aliphatic heterocycles. The zero-order valence-corrected chi connectivity index (χ0v) is 10.5. The van der Waals surface area contributed by atoms with Gasteiger partial charge in [0.15, 0.2) is 0 Å². The van der Waals surface area contributed by atoms with Crippen LogP contribution in [0.25, 0.3) is 0 Å². The lowest BCUT2D eigenvalue weighted by molar-refractivity contribution is -0.122. The first-order valence-electron chi connectivity index (χ1n) is 5.88. The van der Waals surface area contributed by atoms with Gasteiger partial charge in [-0.15, -0.1) is 0 Å². The van der Waals surface area contributed by atoms with Crippen LogP contribution in [0.3, 0.4) is 0 Å². The minimum absolute atomic E-state index is 0.0706. The van der Waals surface area contributed by atoms with Crippen LogP contribution in [-0.2, 0) is 9.53 Å². The van der Waals surface area contributed by atoms with E-state index in [4.69, 9.17) is 4.74 Å². The number of carbonyl (C=O) groups is 1. The Morgan fingerprint density at radius 1 is 1.62 bits per heavy atom. The second-order valence-electron chi connectivity index (χ2n) is 4.62. The Hall–Kier alpha value is -0.650. The minimum Gasteiger partial charge on any atom is -0.374 e. The number of likely N-dealkylation sites (N-methyl/N-ethyl adjacent to an activating group) is 1. The molecule has 1 fully saturated rings. The van der Waals surface area contributed by atoms with E-state index < -0.39 is 0 Å². The highest BCUT2D eigenvalue weighted by atomic mass is 16.5. The molecule has 1 saturated heterocycles. The van der Waals surface area contributed by atoms with Crippen molar-refractivity contribution in [1.82, 2.24) is 15.5 Å². The monoisotopic (exact) mass is 229 g/mol. The predicted molar refractivity (Wildman–Crippen MR) is 63.4 cm³/mol. The van der Waals surface area contributed by atoms with E-state index in [1.165, 1.54) is 0 Å². The quantitative estimate of drug-likeness (QED) is 0.663. The summed E-state index contributed by atoms with van der Waals surface area (Å²) in [5, 5.41) is 6.15. The fourth-order valence-corrected chi connectivity index (χ4v) is 1.76. The Balaban J connectivity index is 2.18. The normalized spacial score (nSPS) is 21.4. The Kier molecular flexibility index (Phi) is 5.73. The molecule has 0 bridgehead atoms. The maximum Gasteiger partial charge on any atom is 0.234 e. The summed E-state index contributed by atoms with van der Waals surface area (Å²) in [6.45, 7) is 7.70. The summed E-state index contributed by atoms with van der Waals surface area (Å²) in [5.41, 5.74) is 0. The molecule has 1 unspecified atom stereocenters. The molecule has 0 radical (unpaired) electrons. The molecule has 0 aliphatic carbocycles. The van der Waals surface area contributed by atoms with Gasteiger partial charge >= 0.3 is 0 Å². The van der Waals surface area contributed by atoms with Gasteiger partial charge in [0.05, 0.1) is 19.3 Å². The topological polar surface area (TPSA) is 53.6 Å². The molecule has 5 nitrogen and oxygen atoms in total. The van der Waals surface area contributed by atoms with E-state index >= 15 is 0 Å². The SMILES string of the molecule is CC(C)NC(=O)CN(C)CC1CNCCO1. The van der Waals surface area contributed by atoms with Crippen molar-refractivity contribution < 1.29 is 9.53 Å². The van der Waals surface area contributed by atoms with Crippen LogP contribution in [0.5, 0.6) is 0 Å². The van der Waals surface area contributed by atoms with Crippen molar-refractivity contribution in [3.8, 4) is 0 Å². The number of amides is 1. The van der Waals surface area contributed by atoms with Crippen LogP contribution in [0, 0.1) is 0 Å². The van der Waals surface area contributed by atoms with Crippen LogP contribution in [-0.4, -0.2) is 62.8 Å². The molecular formula is C11H23N3O2. The summed E-state index contributed by atoms with van der Waals surface area (Å²) in [7, 11) is 1.94. The third-order valence-electron chi connectivity index (χ3n) is 2.38. The largest absolute Gasteiger partial charge is 0.374 e. The number of nitrogens with one attached hydrogen (secondary N) is 2. The smallest absolute Gasteiger partial charge is 0.234 e. The van der Waals surface area contributed by atoms with Crippen molar-refractivity contribution >= 4 is 5.91 Å². The molecule has 16 heavy (non-hydrogen) atoms. The van der Waals surface area contributed by atoms with E-state index in [0.717, 1.165) is 26.2 Å². The van der Waals surface area contributed by atoms with Crippen LogP contribution in [0.15, 0.2) is 0 Å². The first-order valence-corrected chi connectivity index (χ1v) is 5.88. The molecule has 1 amide bonds. The van der Waals surface area contributed by atoms with Crippen LogP contribution < -0.4 is 10.6 Å². The molecule has 0 aromatic rings. The van der Waals surface area contributed by atoms with Gasteiger partial charge in [-0.1, -0.05) is 0 Å². The van der Waals surface area contributed by atoms with Crippen molar-refractivity contribution in [2.75, 3.05) is 39.8 Å². The second-order valence-corrected chi connectivity index (χ2v) is 4.62. The van der Waals surface area contributed by atoms with E-state index in [2.05, 4.69) is 10.6 Å². The summed E-state index contributed by atoms with van der Waals surface area (Å²) < 4.78 is 5.58. The molecule has 1 heterocycles. The molecule has 94 valence electrons. The lowest BCUT2D eigenvalue weighted by atomic mass is 10.3. The van der Waals surface area contributed by atoms with Crippen LogP contribution in [0.4, 0.5) is 0 Å². The fourth-order valence-electron chi connectivity index (χ4n) is 1.76. The van der Waals surface area contributed by atoms with Gasteiger partial charge in [-0.25, -0.2) is 0 Å². The Labute approximate surface area is 97.5 Å². The maximum absolute atomic E-state index is 11.5. The van der Waals surface area contributed by atoms with Crippen molar-refractivity contribution in [2.24, 2.45) is 0 Å². The molecule has 2 N–H and O–H groups in total. The Bertz CT molecular complexity index is 215.